The fourth-order valence-corrected chi connectivity index (χ4v) is 4.25. The van der Waals surface area contributed by atoms with Gasteiger partial charge < -0.3 is 5.32 Å². The minimum absolute atomic E-state index is 0.0847. The molecule has 7 heteroatoms. The molecule has 23 heavy (non-hydrogen) atoms. The first-order valence-corrected chi connectivity index (χ1v) is 8.38. The number of nitrogens with one attached hydrogen (secondary N) is 2. The Morgan fingerprint density at radius 2 is 2.22 bits per heavy atom. The molecule has 2 aliphatic heterocycles. The quantitative estimate of drug-likeness (QED) is 0.830. The van der Waals surface area contributed by atoms with Crippen molar-refractivity contribution in [1.82, 2.24) is 10.6 Å². The summed E-state index contributed by atoms with van der Waals surface area (Å²) in [5, 5.41) is 7.53. The Morgan fingerprint density at radius 3 is 3.00 bits per heavy atom. The third kappa shape index (κ3) is 2.49. The first-order valence-electron chi connectivity index (χ1n) is 7.50. The van der Waals surface area contributed by atoms with Crippen LogP contribution < -0.4 is 10.6 Å². The number of thioether (sulfide) groups is 1. The SMILES string of the molecule is O=C(NC1Sc2c(ccc3cc(F)ccc23)[N+]1=O)C1CCNC1. The van der Waals surface area contributed by atoms with E-state index < -0.39 is 5.50 Å². The molecule has 1 amide bonds. The van der Waals surface area contributed by atoms with Crippen LogP contribution in [-0.4, -0.2) is 29.3 Å². The smallest absolute Gasteiger partial charge is 0.316 e. The van der Waals surface area contributed by atoms with Crippen LogP contribution in [0.3, 0.4) is 0 Å². The van der Waals surface area contributed by atoms with E-state index >= 15 is 0 Å². The van der Waals surface area contributed by atoms with Gasteiger partial charge in [-0.1, -0.05) is 6.07 Å². The number of rotatable bonds is 2. The number of fused-ring (bicyclic) bond motifs is 3. The van der Waals surface area contributed by atoms with Gasteiger partial charge in [0.25, 0.3) is 5.69 Å². The molecular weight excluding hydrogens is 317 g/mol. The number of hydrogen-bond donors (Lipinski definition) is 2. The van der Waals surface area contributed by atoms with Crippen molar-refractivity contribution < 1.29 is 13.9 Å². The molecule has 2 N–H and O–H groups in total. The maximum absolute atomic E-state index is 13.3. The van der Waals surface area contributed by atoms with E-state index in [9.17, 15) is 14.1 Å². The normalized spacial score (nSPS) is 23.3. The standard InChI is InChI=1S/C16H14FN3O2S/c17-11-2-3-12-9(7-11)1-4-13-14(12)23-16(20(13)22)19-15(21)10-5-6-18-8-10/h1-4,7,10,16,18H,5-6,8H2/p+1. The number of amides is 1. The first-order chi connectivity index (χ1) is 11.1. The lowest BCUT2D eigenvalue weighted by Gasteiger charge is -2.09. The second-order valence-corrected chi connectivity index (χ2v) is 6.86. The molecule has 118 valence electrons. The van der Waals surface area contributed by atoms with Crippen molar-refractivity contribution in [2.75, 3.05) is 13.1 Å². The molecule has 2 aliphatic rings. The van der Waals surface area contributed by atoms with E-state index in [1.807, 2.05) is 0 Å². The molecule has 2 heterocycles. The van der Waals surface area contributed by atoms with Crippen molar-refractivity contribution in [3.05, 3.63) is 41.1 Å². The van der Waals surface area contributed by atoms with Crippen LogP contribution in [0.25, 0.3) is 10.8 Å². The van der Waals surface area contributed by atoms with Crippen LogP contribution >= 0.6 is 11.8 Å². The van der Waals surface area contributed by atoms with Crippen molar-refractivity contribution in [1.29, 1.82) is 0 Å². The van der Waals surface area contributed by atoms with E-state index in [1.54, 1.807) is 18.2 Å². The summed E-state index contributed by atoms with van der Waals surface area (Å²) in [7, 11) is 0. The van der Waals surface area contributed by atoms with Gasteiger partial charge in [0.15, 0.2) is 0 Å². The highest BCUT2D eigenvalue weighted by Gasteiger charge is 2.43. The average Bonchev–Trinajstić information content (AvgIpc) is 3.16. The summed E-state index contributed by atoms with van der Waals surface area (Å²) in [5.41, 5.74) is -0.155. The zero-order valence-electron chi connectivity index (χ0n) is 12.2. The van der Waals surface area contributed by atoms with E-state index in [0.29, 0.717) is 12.2 Å². The summed E-state index contributed by atoms with van der Waals surface area (Å²) >= 11 is 1.31. The van der Waals surface area contributed by atoms with Crippen LogP contribution in [0.4, 0.5) is 10.1 Å². The zero-order chi connectivity index (χ0) is 16.0. The van der Waals surface area contributed by atoms with Crippen molar-refractivity contribution in [3.63, 3.8) is 0 Å². The van der Waals surface area contributed by atoms with Crippen LogP contribution in [-0.2, 0) is 4.79 Å². The Hall–Kier alpha value is -1.99. The number of halogens is 1. The summed E-state index contributed by atoms with van der Waals surface area (Å²) in [5.74, 6) is -0.493. The van der Waals surface area contributed by atoms with Crippen LogP contribution in [0, 0.1) is 16.6 Å². The second kappa shape index (κ2) is 5.58. The highest BCUT2D eigenvalue weighted by molar-refractivity contribution is 8.00. The van der Waals surface area contributed by atoms with Crippen LogP contribution in [0.1, 0.15) is 6.42 Å². The number of carbonyl (C=O) groups is 1. The third-order valence-electron chi connectivity index (χ3n) is 4.29. The Balaban J connectivity index is 1.62. The van der Waals surface area contributed by atoms with E-state index in [4.69, 9.17) is 0 Å². The molecule has 2 aromatic rings. The molecule has 2 aromatic carbocycles. The molecule has 4 rings (SSSR count). The summed E-state index contributed by atoms with van der Waals surface area (Å²) in [6.45, 7) is 1.48. The predicted molar refractivity (Wildman–Crippen MR) is 86.0 cm³/mol. The van der Waals surface area contributed by atoms with Gasteiger partial charge in [0.05, 0.1) is 15.6 Å². The van der Waals surface area contributed by atoms with Gasteiger partial charge in [-0.05, 0) is 48.3 Å². The third-order valence-corrected chi connectivity index (χ3v) is 5.49. The van der Waals surface area contributed by atoms with Gasteiger partial charge in [0.2, 0.25) is 5.91 Å². The van der Waals surface area contributed by atoms with Gasteiger partial charge in [0.1, 0.15) is 5.82 Å². The summed E-state index contributed by atoms with van der Waals surface area (Å²) in [6.07, 6.45) is 0.789. The van der Waals surface area contributed by atoms with Gasteiger partial charge in [-0.3, -0.25) is 10.1 Å². The highest BCUT2D eigenvalue weighted by Crippen LogP contribution is 2.45. The molecule has 0 aromatic heterocycles. The summed E-state index contributed by atoms with van der Waals surface area (Å²) < 4.78 is 14.2. The Labute approximate surface area is 136 Å². The van der Waals surface area contributed by atoms with E-state index in [0.717, 1.165) is 33.4 Å². The van der Waals surface area contributed by atoms with Crippen molar-refractivity contribution in [3.8, 4) is 0 Å². The van der Waals surface area contributed by atoms with Gasteiger partial charge in [-0.15, -0.1) is 0 Å². The lowest BCUT2D eigenvalue weighted by Crippen LogP contribution is -2.40. The van der Waals surface area contributed by atoms with Crippen LogP contribution in [0.5, 0.6) is 0 Å². The zero-order valence-corrected chi connectivity index (χ0v) is 13.0. The number of hydrogen-bond acceptors (Lipinski definition) is 4. The molecule has 2 unspecified atom stereocenters. The minimum atomic E-state index is -0.672. The number of carbonyl (C=O) groups excluding carboxylic acids is 1. The lowest BCUT2D eigenvalue weighted by molar-refractivity contribution is -0.480. The Morgan fingerprint density at radius 1 is 1.35 bits per heavy atom. The highest BCUT2D eigenvalue weighted by atomic mass is 32.2. The predicted octanol–water partition coefficient (Wildman–Crippen LogP) is 2.50. The molecular formula is C16H15FN3O2S+. The maximum Gasteiger partial charge on any atom is 0.335 e. The van der Waals surface area contributed by atoms with Gasteiger partial charge >= 0.3 is 5.50 Å². The molecule has 0 spiro atoms. The molecule has 1 fully saturated rings. The van der Waals surface area contributed by atoms with Gasteiger partial charge in [-0.25, -0.2) is 4.39 Å². The monoisotopic (exact) mass is 332 g/mol. The Bertz CT molecular complexity index is 820. The van der Waals surface area contributed by atoms with Gasteiger partial charge in [-0.2, -0.15) is 0 Å². The topological polar surface area (TPSA) is 61.2 Å². The number of nitroso groups, excluding NO2 is 1. The molecule has 0 aliphatic carbocycles. The minimum Gasteiger partial charge on any atom is -0.316 e. The van der Waals surface area contributed by atoms with E-state index in [-0.39, 0.29) is 17.6 Å². The Kier molecular flexibility index (Phi) is 3.54. The summed E-state index contributed by atoms with van der Waals surface area (Å²) in [4.78, 5) is 25.5. The molecule has 0 radical (unpaired) electrons. The fourth-order valence-electron chi connectivity index (χ4n) is 3.05. The fraction of sp³-hybridized carbons (Fsp3) is 0.312. The second-order valence-electron chi connectivity index (χ2n) is 5.77. The summed E-state index contributed by atoms with van der Waals surface area (Å²) in [6, 6.07) is 7.92. The molecule has 2 atom stereocenters. The number of nitrogens with zero attached hydrogens (tertiary/aromatic N) is 1. The van der Waals surface area contributed by atoms with E-state index in [1.165, 1.54) is 23.9 Å². The van der Waals surface area contributed by atoms with Crippen molar-refractivity contribution in [2.24, 2.45) is 5.92 Å². The maximum atomic E-state index is 13.3. The molecule has 0 bridgehead atoms. The first kappa shape index (κ1) is 14.6. The molecule has 5 nitrogen and oxygen atoms in total. The molecule has 1 saturated heterocycles. The van der Waals surface area contributed by atoms with Crippen LogP contribution in [0.15, 0.2) is 35.2 Å². The lowest BCUT2D eigenvalue weighted by atomic mass is 10.1. The van der Waals surface area contributed by atoms with Crippen molar-refractivity contribution >= 4 is 34.1 Å². The van der Waals surface area contributed by atoms with Gasteiger partial charge in [0, 0.05) is 22.9 Å². The van der Waals surface area contributed by atoms with E-state index in [2.05, 4.69) is 10.6 Å². The average molecular weight is 332 g/mol. The van der Waals surface area contributed by atoms with Crippen LogP contribution in [0.2, 0.25) is 0 Å². The molecule has 0 saturated carbocycles. The number of benzene rings is 2. The largest absolute Gasteiger partial charge is 0.335 e. The van der Waals surface area contributed by atoms with Crippen molar-refractivity contribution in [2.45, 2.75) is 16.8 Å².